The number of aryl methyl sites for hydroxylation is 1. The molecule has 0 unspecified atom stereocenters. The van der Waals surface area contributed by atoms with Gasteiger partial charge in [-0.25, -0.2) is 15.0 Å². The number of ether oxygens (including phenoxy) is 1. The third-order valence-corrected chi connectivity index (χ3v) is 5.13. The van der Waals surface area contributed by atoms with E-state index in [4.69, 9.17) is 4.74 Å². The standard InChI is InChI=1S/C21H23F2N5O2/c1-4-13-7-17(27-20(26-13)21(3,22)23)16-10-28(14-5-6-30-11-14)18-9-24-19(8-15(16)18)25-12(2)29/h7-10,14H,4-6,11H2,1-3H3,(H,24,25,29)/t14-/m1/s1. The maximum Gasteiger partial charge on any atom is 0.303 e. The summed E-state index contributed by atoms with van der Waals surface area (Å²) in [5.74, 6) is -3.50. The van der Waals surface area contributed by atoms with Gasteiger partial charge in [0.2, 0.25) is 5.91 Å². The van der Waals surface area contributed by atoms with Crippen LogP contribution in [0.1, 0.15) is 44.8 Å². The molecule has 0 radical (unpaired) electrons. The lowest BCUT2D eigenvalue weighted by atomic mass is 10.1. The Kier molecular flexibility index (Phi) is 5.23. The van der Waals surface area contributed by atoms with Gasteiger partial charge in [-0.3, -0.25) is 4.79 Å². The summed E-state index contributed by atoms with van der Waals surface area (Å²) in [7, 11) is 0. The van der Waals surface area contributed by atoms with E-state index in [1.165, 1.54) is 6.92 Å². The number of amides is 1. The third-order valence-electron chi connectivity index (χ3n) is 5.13. The van der Waals surface area contributed by atoms with Gasteiger partial charge < -0.3 is 14.6 Å². The minimum Gasteiger partial charge on any atom is -0.379 e. The van der Waals surface area contributed by atoms with Crippen molar-refractivity contribution in [3.05, 3.63) is 36.0 Å². The lowest BCUT2D eigenvalue weighted by Gasteiger charge is -2.12. The molecule has 3 aromatic heterocycles. The number of hydrogen-bond acceptors (Lipinski definition) is 5. The summed E-state index contributed by atoms with van der Waals surface area (Å²) in [5, 5.41) is 3.45. The van der Waals surface area contributed by atoms with Gasteiger partial charge in [-0.2, -0.15) is 8.78 Å². The van der Waals surface area contributed by atoms with Crippen molar-refractivity contribution >= 4 is 22.6 Å². The number of alkyl halides is 2. The summed E-state index contributed by atoms with van der Waals surface area (Å²) in [6, 6.07) is 3.60. The highest BCUT2D eigenvalue weighted by molar-refractivity contribution is 5.98. The highest BCUT2D eigenvalue weighted by atomic mass is 19.3. The molecule has 1 saturated heterocycles. The smallest absolute Gasteiger partial charge is 0.303 e. The number of nitrogens with one attached hydrogen (secondary N) is 1. The molecular weight excluding hydrogens is 392 g/mol. The van der Waals surface area contributed by atoms with Gasteiger partial charge >= 0.3 is 5.92 Å². The number of aromatic nitrogens is 4. The average Bonchev–Trinajstić information content (AvgIpc) is 3.34. The zero-order chi connectivity index (χ0) is 21.5. The van der Waals surface area contributed by atoms with Crippen LogP contribution in [-0.2, 0) is 21.9 Å². The maximum absolute atomic E-state index is 14.0. The van der Waals surface area contributed by atoms with E-state index in [-0.39, 0.29) is 11.9 Å². The summed E-state index contributed by atoms with van der Waals surface area (Å²) in [5.41, 5.74) is 2.48. The van der Waals surface area contributed by atoms with Crippen molar-refractivity contribution in [1.29, 1.82) is 0 Å². The molecule has 0 saturated carbocycles. The van der Waals surface area contributed by atoms with E-state index in [2.05, 4.69) is 24.8 Å². The number of rotatable bonds is 5. The van der Waals surface area contributed by atoms with Crippen molar-refractivity contribution in [3.8, 4) is 11.3 Å². The topological polar surface area (TPSA) is 81.9 Å². The molecular formula is C21H23F2N5O2. The Balaban J connectivity index is 1.94. The molecule has 1 fully saturated rings. The molecule has 1 atom stereocenters. The van der Waals surface area contributed by atoms with E-state index >= 15 is 0 Å². The molecule has 1 N–H and O–H groups in total. The minimum atomic E-state index is -3.15. The first-order chi connectivity index (χ1) is 14.3. The van der Waals surface area contributed by atoms with E-state index < -0.39 is 11.7 Å². The minimum absolute atomic E-state index is 0.120. The van der Waals surface area contributed by atoms with Gasteiger partial charge in [-0.1, -0.05) is 6.92 Å². The SMILES string of the molecule is CCc1cc(-c2cn([C@@H]3CCOC3)c3cnc(NC(C)=O)cc23)nc(C(C)(F)F)n1. The molecule has 9 heteroatoms. The first kappa shape index (κ1) is 20.3. The van der Waals surface area contributed by atoms with Gasteiger partial charge in [0, 0.05) is 43.3 Å². The predicted molar refractivity (Wildman–Crippen MR) is 108 cm³/mol. The van der Waals surface area contributed by atoms with Crippen molar-refractivity contribution in [3.63, 3.8) is 0 Å². The van der Waals surface area contributed by atoms with E-state index in [0.717, 1.165) is 24.2 Å². The Morgan fingerprint density at radius 1 is 1.37 bits per heavy atom. The Morgan fingerprint density at radius 3 is 2.80 bits per heavy atom. The Bertz CT molecular complexity index is 1100. The largest absolute Gasteiger partial charge is 0.379 e. The van der Waals surface area contributed by atoms with Crippen LogP contribution in [0, 0.1) is 0 Å². The number of carbonyl (C=O) groups excluding carboxylic acids is 1. The van der Waals surface area contributed by atoms with E-state index in [9.17, 15) is 13.6 Å². The monoisotopic (exact) mass is 415 g/mol. The number of fused-ring (bicyclic) bond motifs is 1. The van der Waals surface area contributed by atoms with Gasteiger partial charge in [0.05, 0.1) is 30.1 Å². The van der Waals surface area contributed by atoms with E-state index in [1.54, 1.807) is 18.3 Å². The summed E-state index contributed by atoms with van der Waals surface area (Å²) < 4.78 is 35.7. The van der Waals surface area contributed by atoms with E-state index in [1.807, 2.05) is 13.1 Å². The molecule has 1 aliphatic rings. The molecule has 4 heterocycles. The van der Waals surface area contributed by atoms with E-state index in [0.29, 0.717) is 42.4 Å². The summed E-state index contributed by atoms with van der Waals surface area (Å²) >= 11 is 0. The summed E-state index contributed by atoms with van der Waals surface area (Å²) in [6.07, 6.45) is 4.94. The highest BCUT2D eigenvalue weighted by Crippen LogP contribution is 2.36. The quantitative estimate of drug-likeness (QED) is 0.679. The second-order valence-electron chi connectivity index (χ2n) is 7.55. The fourth-order valence-electron chi connectivity index (χ4n) is 3.66. The van der Waals surface area contributed by atoms with Gasteiger partial charge in [-0.05, 0) is 25.0 Å². The number of anilines is 1. The summed E-state index contributed by atoms with van der Waals surface area (Å²) in [4.78, 5) is 24.0. The molecule has 7 nitrogen and oxygen atoms in total. The zero-order valence-corrected chi connectivity index (χ0v) is 17.1. The van der Waals surface area contributed by atoms with Crippen molar-refractivity contribution in [2.75, 3.05) is 18.5 Å². The van der Waals surface area contributed by atoms with Crippen molar-refractivity contribution in [1.82, 2.24) is 19.5 Å². The number of hydrogen-bond donors (Lipinski definition) is 1. The van der Waals surface area contributed by atoms with Crippen LogP contribution in [-0.4, -0.2) is 38.6 Å². The molecule has 3 aromatic rings. The lowest BCUT2D eigenvalue weighted by molar-refractivity contribution is -0.114. The second-order valence-corrected chi connectivity index (χ2v) is 7.55. The van der Waals surface area contributed by atoms with Crippen LogP contribution in [0.5, 0.6) is 0 Å². The van der Waals surface area contributed by atoms with Crippen LogP contribution in [0.3, 0.4) is 0 Å². The van der Waals surface area contributed by atoms with Crippen LogP contribution >= 0.6 is 0 Å². The fraction of sp³-hybridized carbons (Fsp3) is 0.429. The third kappa shape index (κ3) is 3.89. The molecule has 1 aliphatic heterocycles. The van der Waals surface area contributed by atoms with Crippen LogP contribution in [0.25, 0.3) is 22.2 Å². The zero-order valence-electron chi connectivity index (χ0n) is 17.1. The normalized spacial score (nSPS) is 16.9. The summed E-state index contributed by atoms with van der Waals surface area (Å²) in [6.45, 7) is 5.29. The Labute approximate surface area is 172 Å². The molecule has 1 amide bonds. The number of carbonyl (C=O) groups is 1. The average molecular weight is 415 g/mol. The Morgan fingerprint density at radius 2 is 2.17 bits per heavy atom. The molecule has 4 rings (SSSR count). The highest BCUT2D eigenvalue weighted by Gasteiger charge is 2.30. The van der Waals surface area contributed by atoms with Crippen LogP contribution < -0.4 is 5.32 Å². The predicted octanol–water partition coefficient (Wildman–Crippen LogP) is 4.09. The molecule has 0 aromatic carbocycles. The molecule has 0 bridgehead atoms. The van der Waals surface area contributed by atoms with Crippen molar-refractivity contribution in [2.45, 2.75) is 45.6 Å². The molecule has 0 spiro atoms. The van der Waals surface area contributed by atoms with Crippen LogP contribution in [0.2, 0.25) is 0 Å². The van der Waals surface area contributed by atoms with Crippen molar-refractivity contribution in [2.24, 2.45) is 0 Å². The van der Waals surface area contributed by atoms with Crippen LogP contribution in [0.15, 0.2) is 24.5 Å². The van der Waals surface area contributed by atoms with Gasteiger partial charge in [0.15, 0.2) is 5.82 Å². The first-order valence-corrected chi connectivity index (χ1v) is 9.88. The fourth-order valence-corrected chi connectivity index (χ4v) is 3.66. The molecule has 0 aliphatic carbocycles. The number of pyridine rings is 1. The second kappa shape index (κ2) is 7.71. The lowest BCUT2D eigenvalue weighted by Crippen LogP contribution is -2.14. The van der Waals surface area contributed by atoms with Crippen LogP contribution in [0.4, 0.5) is 14.6 Å². The van der Waals surface area contributed by atoms with Gasteiger partial charge in [0.1, 0.15) is 5.82 Å². The van der Waals surface area contributed by atoms with Crippen molar-refractivity contribution < 1.29 is 18.3 Å². The van der Waals surface area contributed by atoms with Gasteiger partial charge in [0.25, 0.3) is 0 Å². The molecule has 30 heavy (non-hydrogen) atoms. The molecule has 158 valence electrons. The van der Waals surface area contributed by atoms with Gasteiger partial charge in [-0.15, -0.1) is 0 Å². The number of halogens is 2. The Hall–Kier alpha value is -2.94. The number of nitrogens with zero attached hydrogens (tertiary/aromatic N) is 4. The maximum atomic E-state index is 14.0. The first-order valence-electron chi connectivity index (χ1n) is 9.88.